The number of carbonyl (C=O) groups excluding carboxylic acids is 1. The number of hydrogen-bond acceptors (Lipinski definition) is 1. The van der Waals surface area contributed by atoms with Gasteiger partial charge in [0, 0.05) is 5.56 Å². The number of halogens is 1. The SMILES string of the molecule is Cc1cccc(C(=O)c2ccccc2F)c1. The van der Waals surface area contributed by atoms with Gasteiger partial charge in [0.25, 0.3) is 0 Å². The Morgan fingerprint density at radius 1 is 1.06 bits per heavy atom. The molecule has 0 aliphatic heterocycles. The Balaban J connectivity index is 2.44. The van der Waals surface area contributed by atoms with Crippen molar-refractivity contribution in [1.29, 1.82) is 0 Å². The maximum atomic E-state index is 13.4. The molecule has 0 aliphatic carbocycles. The van der Waals surface area contributed by atoms with Crippen molar-refractivity contribution in [2.24, 2.45) is 0 Å². The van der Waals surface area contributed by atoms with E-state index in [9.17, 15) is 9.18 Å². The number of benzene rings is 2. The van der Waals surface area contributed by atoms with Crippen LogP contribution in [0.25, 0.3) is 0 Å². The van der Waals surface area contributed by atoms with Gasteiger partial charge in [-0.05, 0) is 25.1 Å². The molecule has 0 radical (unpaired) electrons. The third-order valence-electron chi connectivity index (χ3n) is 2.40. The highest BCUT2D eigenvalue weighted by Crippen LogP contribution is 2.14. The number of aryl methyl sites for hydroxylation is 1. The highest BCUT2D eigenvalue weighted by Gasteiger charge is 2.12. The van der Waals surface area contributed by atoms with E-state index < -0.39 is 5.82 Å². The maximum Gasteiger partial charge on any atom is 0.195 e. The third-order valence-corrected chi connectivity index (χ3v) is 2.40. The quantitative estimate of drug-likeness (QED) is 0.700. The number of hydrogen-bond donors (Lipinski definition) is 0. The standard InChI is InChI=1S/C14H11FO/c1-10-5-4-6-11(9-10)14(16)12-7-2-3-8-13(12)15/h2-9H,1H3. The molecule has 0 atom stereocenters. The molecule has 2 rings (SSSR count). The smallest absolute Gasteiger partial charge is 0.195 e. The van der Waals surface area contributed by atoms with Crippen LogP contribution in [0, 0.1) is 12.7 Å². The van der Waals surface area contributed by atoms with Gasteiger partial charge in [-0.25, -0.2) is 4.39 Å². The summed E-state index contributed by atoms with van der Waals surface area (Å²) in [4.78, 5) is 12.0. The fourth-order valence-corrected chi connectivity index (χ4v) is 1.59. The fourth-order valence-electron chi connectivity index (χ4n) is 1.59. The molecular formula is C14H11FO. The van der Waals surface area contributed by atoms with Crippen molar-refractivity contribution < 1.29 is 9.18 Å². The minimum atomic E-state index is -0.478. The highest BCUT2D eigenvalue weighted by atomic mass is 19.1. The van der Waals surface area contributed by atoms with E-state index in [-0.39, 0.29) is 11.3 Å². The summed E-state index contributed by atoms with van der Waals surface area (Å²) in [7, 11) is 0. The molecule has 0 N–H and O–H groups in total. The van der Waals surface area contributed by atoms with Gasteiger partial charge in [0.1, 0.15) is 5.82 Å². The molecule has 1 nitrogen and oxygen atoms in total. The van der Waals surface area contributed by atoms with E-state index in [0.29, 0.717) is 5.56 Å². The van der Waals surface area contributed by atoms with Crippen LogP contribution in [0.15, 0.2) is 48.5 Å². The van der Waals surface area contributed by atoms with Gasteiger partial charge in [-0.1, -0.05) is 35.9 Å². The minimum absolute atomic E-state index is 0.119. The topological polar surface area (TPSA) is 17.1 Å². The van der Waals surface area contributed by atoms with Gasteiger partial charge in [-0.2, -0.15) is 0 Å². The molecule has 80 valence electrons. The summed E-state index contributed by atoms with van der Waals surface area (Å²) >= 11 is 0. The predicted molar refractivity (Wildman–Crippen MR) is 61.0 cm³/mol. The molecule has 0 amide bonds. The number of carbonyl (C=O) groups is 1. The molecule has 0 fully saturated rings. The van der Waals surface area contributed by atoms with Gasteiger partial charge in [0.15, 0.2) is 5.78 Å². The minimum Gasteiger partial charge on any atom is -0.288 e. The second-order valence-electron chi connectivity index (χ2n) is 3.68. The van der Waals surface area contributed by atoms with Crippen molar-refractivity contribution >= 4 is 5.78 Å². The molecule has 0 saturated heterocycles. The van der Waals surface area contributed by atoms with E-state index >= 15 is 0 Å². The van der Waals surface area contributed by atoms with Crippen LogP contribution in [0.5, 0.6) is 0 Å². The second kappa shape index (κ2) is 4.27. The zero-order valence-corrected chi connectivity index (χ0v) is 8.91. The molecule has 0 aliphatic rings. The second-order valence-corrected chi connectivity index (χ2v) is 3.68. The summed E-state index contributed by atoms with van der Waals surface area (Å²) in [5.74, 6) is -0.754. The summed E-state index contributed by atoms with van der Waals surface area (Å²) in [6.07, 6.45) is 0. The van der Waals surface area contributed by atoms with Crippen LogP contribution < -0.4 is 0 Å². The Bertz CT molecular complexity index is 532. The van der Waals surface area contributed by atoms with E-state index in [1.165, 1.54) is 12.1 Å². The van der Waals surface area contributed by atoms with Crippen molar-refractivity contribution in [3.05, 3.63) is 71.0 Å². The number of rotatable bonds is 2. The zero-order chi connectivity index (χ0) is 11.5. The predicted octanol–water partition coefficient (Wildman–Crippen LogP) is 3.37. The Hall–Kier alpha value is -1.96. The van der Waals surface area contributed by atoms with Crippen molar-refractivity contribution in [1.82, 2.24) is 0 Å². The van der Waals surface area contributed by atoms with Gasteiger partial charge in [0.2, 0.25) is 0 Å². The molecule has 0 spiro atoms. The lowest BCUT2D eigenvalue weighted by Crippen LogP contribution is -2.04. The van der Waals surface area contributed by atoms with Crippen molar-refractivity contribution in [2.75, 3.05) is 0 Å². The Morgan fingerprint density at radius 3 is 2.50 bits per heavy atom. The van der Waals surface area contributed by atoms with Gasteiger partial charge in [-0.3, -0.25) is 4.79 Å². The summed E-state index contributed by atoms with van der Waals surface area (Å²) < 4.78 is 13.4. The van der Waals surface area contributed by atoms with Crippen molar-refractivity contribution in [2.45, 2.75) is 6.92 Å². The monoisotopic (exact) mass is 214 g/mol. The molecule has 2 aromatic carbocycles. The van der Waals surface area contributed by atoms with Crippen LogP contribution in [0.4, 0.5) is 4.39 Å². The summed E-state index contributed by atoms with van der Waals surface area (Å²) in [5, 5.41) is 0. The molecule has 0 unspecified atom stereocenters. The van der Waals surface area contributed by atoms with Crippen molar-refractivity contribution in [3.63, 3.8) is 0 Å². The van der Waals surface area contributed by atoms with Crippen LogP contribution >= 0.6 is 0 Å². The largest absolute Gasteiger partial charge is 0.288 e. The van der Waals surface area contributed by atoms with Crippen molar-refractivity contribution in [3.8, 4) is 0 Å². The van der Waals surface area contributed by atoms with E-state index in [4.69, 9.17) is 0 Å². The molecule has 0 saturated carbocycles. The Labute approximate surface area is 93.5 Å². The fraction of sp³-hybridized carbons (Fsp3) is 0.0714. The highest BCUT2D eigenvalue weighted by molar-refractivity contribution is 6.09. The van der Waals surface area contributed by atoms with E-state index in [0.717, 1.165) is 5.56 Å². The van der Waals surface area contributed by atoms with Crippen LogP contribution in [-0.4, -0.2) is 5.78 Å². The molecule has 0 aromatic heterocycles. The summed E-state index contributed by atoms with van der Waals surface area (Å²) in [6.45, 7) is 1.90. The third kappa shape index (κ3) is 2.01. The van der Waals surface area contributed by atoms with E-state index in [1.807, 2.05) is 13.0 Å². The molecule has 2 heteroatoms. The summed E-state index contributed by atoms with van der Waals surface area (Å²) in [5.41, 5.74) is 1.63. The van der Waals surface area contributed by atoms with E-state index in [1.54, 1.807) is 30.3 Å². The average Bonchev–Trinajstić information content (AvgIpc) is 2.29. The van der Waals surface area contributed by atoms with E-state index in [2.05, 4.69) is 0 Å². The first kappa shape index (κ1) is 10.6. The molecule has 2 aromatic rings. The van der Waals surface area contributed by atoms with Gasteiger partial charge >= 0.3 is 0 Å². The molecule has 16 heavy (non-hydrogen) atoms. The van der Waals surface area contributed by atoms with Gasteiger partial charge in [0.05, 0.1) is 5.56 Å². The zero-order valence-electron chi connectivity index (χ0n) is 8.91. The molecule has 0 bridgehead atoms. The lowest BCUT2D eigenvalue weighted by molar-refractivity contribution is 0.103. The average molecular weight is 214 g/mol. The molecule has 0 heterocycles. The maximum absolute atomic E-state index is 13.4. The van der Waals surface area contributed by atoms with Gasteiger partial charge in [-0.15, -0.1) is 0 Å². The molecular weight excluding hydrogens is 203 g/mol. The van der Waals surface area contributed by atoms with Crippen LogP contribution in [0.3, 0.4) is 0 Å². The normalized spacial score (nSPS) is 10.1. The first-order chi connectivity index (χ1) is 7.68. The van der Waals surface area contributed by atoms with Gasteiger partial charge < -0.3 is 0 Å². The first-order valence-electron chi connectivity index (χ1n) is 5.04. The van der Waals surface area contributed by atoms with Crippen LogP contribution in [-0.2, 0) is 0 Å². The lowest BCUT2D eigenvalue weighted by Gasteiger charge is -2.03. The number of ketones is 1. The first-order valence-corrected chi connectivity index (χ1v) is 5.04. The van der Waals surface area contributed by atoms with Crippen LogP contribution in [0.1, 0.15) is 21.5 Å². The Morgan fingerprint density at radius 2 is 1.81 bits per heavy atom. The van der Waals surface area contributed by atoms with Crippen LogP contribution in [0.2, 0.25) is 0 Å². The lowest BCUT2D eigenvalue weighted by atomic mass is 10.0. The summed E-state index contributed by atoms with van der Waals surface area (Å²) in [6, 6.07) is 13.2. The Kier molecular flexibility index (Phi) is 2.82.